The number of rotatable bonds is 2. The van der Waals surface area contributed by atoms with Gasteiger partial charge in [-0.1, -0.05) is 0 Å². The van der Waals surface area contributed by atoms with E-state index in [0.29, 0.717) is 10.2 Å². The zero-order valence-electron chi connectivity index (χ0n) is 9.15. The van der Waals surface area contributed by atoms with Crippen LogP contribution in [0.4, 0.5) is 5.82 Å². The Balaban J connectivity index is 3.29. The Morgan fingerprint density at radius 2 is 1.94 bits per heavy atom. The fourth-order valence-electron chi connectivity index (χ4n) is 1.25. The number of aromatic nitrogens is 1. The molecule has 6 heteroatoms. The summed E-state index contributed by atoms with van der Waals surface area (Å²) >= 11 is 3.23. The number of carbonyl (C=O) groups is 2. The van der Waals surface area contributed by atoms with Crippen LogP contribution in [-0.2, 0) is 9.59 Å². The molecule has 1 aromatic heterocycles. The summed E-state index contributed by atoms with van der Waals surface area (Å²) < 4.78 is 5.78. The van der Waals surface area contributed by atoms with Crippen LogP contribution in [0.25, 0.3) is 0 Å². The maximum atomic E-state index is 11.3. The van der Waals surface area contributed by atoms with E-state index in [0.717, 1.165) is 4.90 Å². The standard InChI is InChI=1S/C10H11BrN2O3/c1-6(14)13(7(2)15)10-9(16-3)4-8(11)5-12-10/h4-5H,1-3H3. The maximum absolute atomic E-state index is 11.3. The van der Waals surface area contributed by atoms with E-state index >= 15 is 0 Å². The van der Waals surface area contributed by atoms with Crippen molar-refractivity contribution >= 4 is 33.6 Å². The molecule has 0 aromatic carbocycles. The molecule has 0 aliphatic heterocycles. The minimum atomic E-state index is -0.402. The van der Waals surface area contributed by atoms with Crippen LogP contribution in [0, 0.1) is 0 Å². The largest absolute Gasteiger partial charge is 0.493 e. The van der Waals surface area contributed by atoms with Gasteiger partial charge in [-0.25, -0.2) is 9.88 Å². The van der Waals surface area contributed by atoms with Crippen molar-refractivity contribution in [3.8, 4) is 5.75 Å². The van der Waals surface area contributed by atoms with Crippen LogP contribution in [0.1, 0.15) is 13.8 Å². The Hall–Kier alpha value is -1.43. The van der Waals surface area contributed by atoms with Crippen molar-refractivity contribution in [2.45, 2.75) is 13.8 Å². The second-order valence-electron chi connectivity index (χ2n) is 3.05. The number of hydrogen-bond donors (Lipinski definition) is 0. The van der Waals surface area contributed by atoms with Gasteiger partial charge in [0, 0.05) is 24.5 Å². The molecule has 0 atom stereocenters. The first-order chi connectivity index (χ1) is 7.47. The van der Waals surface area contributed by atoms with Crippen molar-refractivity contribution < 1.29 is 14.3 Å². The highest BCUT2D eigenvalue weighted by Crippen LogP contribution is 2.28. The highest BCUT2D eigenvalue weighted by atomic mass is 79.9. The number of hydrogen-bond acceptors (Lipinski definition) is 4. The third-order valence-electron chi connectivity index (χ3n) is 1.86. The number of anilines is 1. The lowest BCUT2D eigenvalue weighted by Crippen LogP contribution is -2.34. The molecule has 0 aliphatic rings. The minimum absolute atomic E-state index is 0.200. The van der Waals surface area contributed by atoms with E-state index in [9.17, 15) is 9.59 Å². The zero-order chi connectivity index (χ0) is 12.3. The zero-order valence-corrected chi connectivity index (χ0v) is 10.7. The van der Waals surface area contributed by atoms with Gasteiger partial charge in [-0.05, 0) is 22.0 Å². The lowest BCUT2D eigenvalue weighted by molar-refractivity contribution is -0.124. The van der Waals surface area contributed by atoms with E-state index in [-0.39, 0.29) is 5.82 Å². The highest BCUT2D eigenvalue weighted by molar-refractivity contribution is 9.10. The number of methoxy groups -OCH3 is 1. The van der Waals surface area contributed by atoms with Gasteiger partial charge < -0.3 is 4.74 Å². The van der Waals surface area contributed by atoms with E-state index in [1.807, 2.05) is 0 Å². The monoisotopic (exact) mass is 286 g/mol. The number of nitrogens with zero attached hydrogens (tertiary/aromatic N) is 2. The average molecular weight is 287 g/mol. The Morgan fingerprint density at radius 1 is 1.38 bits per heavy atom. The SMILES string of the molecule is COc1cc(Br)cnc1N(C(C)=O)C(C)=O. The van der Waals surface area contributed by atoms with Gasteiger partial charge in [0.15, 0.2) is 11.6 Å². The normalized spacial score (nSPS) is 9.75. The van der Waals surface area contributed by atoms with Crippen LogP contribution >= 0.6 is 15.9 Å². The average Bonchev–Trinajstić information content (AvgIpc) is 2.19. The predicted octanol–water partition coefficient (Wildman–Crippen LogP) is 1.75. The smallest absolute Gasteiger partial charge is 0.231 e. The van der Waals surface area contributed by atoms with Crippen LogP contribution < -0.4 is 9.64 Å². The topological polar surface area (TPSA) is 59.5 Å². The molecule has 0 radical (unpaired) electrons. The summed E-state index contributed by atoms with van der Waals surface area (Å²) in [4.78, 5) is 27.6. The number of carbonyl (C=O) groups excluding carboxylic acids is 2. The molecule has 0 saturated heterocycles. The molecule has 1 aromatic rings. The molecular formula is C10H11BrN2O3. The third kappa shape index (κ3) is 2.57. The molecule has 1 rings (SSSR count). The Kier molecular flexibility index (Phi) is 4.00. The molecule has 0 saturated carbocycles. The summed E-state index contributed by atoms with van der Waals surface area (Å²) in [5.74, 6) is -0.244. The number of amides is 2. The van der Waals surface area contributed by atoms with E-state index in [4.69, 9.17) is 4.74 Å². The number of pyridine rings is 1. The Morgan fingerprint density at radius 3 is 2.38 bits per heavy atom. The van der Waals surface area contributed by atoms with Crippen molar-refractivity contribution in [1.82, 2.24) is 4.98 Å². The van der Waals surface area contributed by atoms with Gasteiger partial charge in [0.2, 0.25) is 11.8 Å². The van der Waals surface area contributed by atoms with Crippen molar-refractivity contribution in [2.24, 2.45) is 0 Å². The molecule has 5 nitrogen and oxygen atoms in total. The fraction of sp³-hybridized carbons (Fsp3) is 0.300. The number of ether oxygens (including phenoxy) is 1. The Labute approximate surface area is 102 Å². The lowest BCUT2D eigenvalue weighted by atomic mass is 10.3. The summed E-state index contributed by atoms with van der Waals surface area (Å²) in [6.07, 6.45) is 1.50. The van der Waals surface area contributed by atoms with Crippen LogP contribution in [0.15, 0.2) is 16.7 Å². The van der Waals surface area contributed by atoms with E-state index < -0.39 is 11.8 Å². The summed E-state index contributed by atoms with van der Waals surface area (Å²) in [7, 11) is 1.45. The fourth-order valence-corrected chi connectivity index (χ4v) is 1.56. The lowest BCUT2D eigenvalue weighted by Gasteiger charge is -2.18. The van der Waals surface area contributed by atoms with Crippen molar-refractivity contribution in [1.29, 1.82) is 0 Å². The molecule has 2 amide bonds. The third-order valence-corrected chi connectivity index (χ3v) is 2.29. The second-order valence-corrected chi connectivity index (χ2v) is 3.97. The summed E-state index contributed by atoms with van der Waals surface area (Å²) in [6.45, 7) is 2.59. The van der Waals surface area contributed by atoms with Gasteiger partial charge in [-0.15, -0.1) is 0 Å². The maximum Gasteiger partial charge on any atom is 0.231 e. The van der Waals surface area contributed by atoms with Crippen LogP contribution in [0.3, 0.4) is 0 Å². The molecule has 0 bridgehead atoms. The molecule has 1 heterocycles. The molecule has 86 valence electrons. The molecule has 0 spiro atoms. The van der Waals surface area contributed by atoms with Gasteiger partial charge in [0.25, 0.3) is 0 Å². The predicted molar refractivity (Wildman–Crippen MR) is 62.3 cm³/mol. The molecule has 0 aliphatic carbocycles. The quantitative estimate of drug-likeness (QED) is 0.831. The number of halogens is 1. The van der Waals surface area contributed by atoms with Crippen LogP contribution in [0.2, 0.25) is 0 Å². The van der Waals surface area contributed by atoms with Crippen LogP contribution in [-0.4, -0.2) is 23.9 Å². The van der Waals surface area contributed by atoms with E-state index in [2.05, 4.69) is 20.9 Å². The van der Waals surface area contributed by atoms with Gasteiger partial charge in [0.1, 0.15) is 0 Å². The summed E-state index contributed by atoms with van der Waals surface area (Å²) in [5, 5.41) is 0. The first kappa shape index (κ1) is 12.6. The van der Waals surface area contributed by atoms with Gasteiger partial charge >= 0.3 is 0 Å². The van der Waals surface area contributed by atoms with Gasteiger partial charge in [-0.3, -0.25) is 9.59 Å². The van der Waals surface area contributed by atoms with Crippen LogP contribution in [0.5, 0.6) is 5.75 Å². The first-order valence-corrected chi connectivity index (χ1v) is 5.27. The van der Waals surface area contributed by atoms with Crippen molar-refractivity contribution in [3.63, 3.8) is 0 Å². The number of imide groups is 1. The minimum Gasteiger partial charge on any atom is -0.493 e. The van der Waals surface area contributed by atoms with Crippen molar-refractivity contribution in [3.05, 3.63) is 16.7 Å². The molecular weight excluding hydrogens is 276 g/mol. The molecule has 0 unspecified atom stereocenters. The van der Waals surface area contributed by atoms with Crippen molar-refractivity contribution in [2.75, 3.05) is 12.0 Å². The molecule has 0 fully saturated rings. The highest BCUT2D eigenvalue weighted by Gasteiger charge is 2.21. The second kappa shape index (κ2) is 5.07. The van der Waals surface area contributed by atoms with E-state index in [1.54, 1.807) is 6.07 Å². The van der Waals surface area contributed by atoms with E-state index in [1.165, 1.54) is 27.2 Å². The molecule has 0 N–H and O–H groups in total. The molecule has 16 heavy (non-hydrogen) atoms. The van der Waals surface area contributed by atoms with Gasteiger partial charge in [0.05, 0.1) is 7.11 Å². The Bertz CT molecular complexity index is 420. The summed E-state index contributed by atoms with van der Waals surface area (Å²) in [6, 6.07) is 1.64. The first-order valence-electron chi connectivity index (χ1n) is 4.48. The summed E-state index contributed by atoms with van der Waals surface area (Å²) in [5.41, 5.74) is 0. The van der Waals surface area contributed by atoms with Gasteiger partial charge in [-0.2, -0.15) is 0 Å².